The number of benzene rings is 3. The normalized spacial score (nSPS) is 11.4. The van der Waals surface area contributed by atoms with E-state index in [1.54, 1.807) is 25.4 Å². The number of carbonyl (C=O) groups excluding carboxylic acids is 1. The summed E-state index contributed by atoms with van der Waals surface area (Å²) in [6.07, 6.45) is 1.70. The number of hydrogen-bond acceptors (Lipinski definition) is 8. The molecule has 0 amide bonds. The van der Waals surface area contributed by atoms with Crippen LogP contribution in [0.1, 0.15) is 36.7 Å². The van der Waals surface area contributed by atoms with Crippen LogP contribution in [0.4, 0.5) is 0 Å². The van der Waals surface area contributed by atoms with Crippen molar-refractivity contribution >= 4 is 5.97 Å². The Kier molecular flexibility index (Phi) is 6.74. The molecular weight excluding hydrogens is 482 g/mol. The highest BCUT2D eigenvalue weighted by Gasteiger charge is 2.18. The number of carbonyl (C=O) groups is 1. The molecule has 38 heavy (non-hydrogen) atoms. The molecule has 0 radical (unpaired) electrons. The Morgan fingerprint density at radius 2 is 1.68 bits per heavy atom. The Bertz CT molecular complexity index is 1550. The number of esters is 1. The third-order valence-electron chi connectivity index (χ3n) is 5.61. The van der Waals surface area contributed by atoms with Crippen molar-refractivity contribution in [3.63, 3.8) is 0 Å². The maximum Gasteiger partial charge on any atom is 0.338 e. The Labute approximate surface area is 220 Å². The monoisotopic (exact) mass is 509 g/mol. The van der Waals surface area contributed by atoms with Gasteiger partial charge in [-0.05, 0) is 80.1 Å². The summed E-state index contributed by atoms with van der Waals surface area (Å²) >= 11 is 0. The molecular formula is C29H27N5O4. The first-order valence-corrected chi connectivity index (χ1v) is 12.1. The van der Waals surface area contributed by atoms with Gasteiger partial charge in [0.15, 0.2) is 5.76 Å². The van der Waals surface area contributed by atoms with Gasteiger partial charge in [-0.3, -0.25) is 0 Å². The molecule has 5 aromatic rings. The van der Waals surface area contributed by atoms with Crippen LogP contribution in [0, 0.1) is 0 Å². The van der Waals surface area contributed by atoms with Crippen LogP contribution in [-0.2, 0) is 11.3 Å². The average Bonchev–Trinajstić information content (AvgIpc) is 3.59. The van der Waals surface area contributed by atoms with Gasteiger partial charge >= 0.3 is 5.97 Å². The van der Waals surface area contributed by atoms with E-state index in [4.69, 9.17) is 13.9 Å². The second kappa shape index (κ2) is 10.3. The third-order valence-corrected chi connectivity index (χ3v) is 5.61. The Morgan fingerprint density at radius 3 is 2.39 bits per heavy atom. The first kappa shape index (κ1) is 24.9. The quantitative estimate of drug-likeness (QED) is 0.258. The van der Waals surface area contributed by atoms with E-state index in [-0.39, 0.29) is 5.97 Å². The molecule has 5 rings (SSSR count). The van der Waals surface area contributed by atoms with Gasteiger partial charge in [-0.25, -0.2) is 9.78 Å². The minimum absolute atomic E-state index is 0.354. The van der Waals surface area contributed by atoms with Crippen LogP contribution in [-0.4, -0.2) is 43.9 Å². The summed E-state index contributed by atoms with van der Waals surface area (Å²) in [5.41, 5.74) is 3.38. The molecule has 0 atom stereocenters. The van der Waals surface area contributed by atoms with Crippen LogP contribution in [0.2, 0.25) is 0 Å². The van der Waals surface area contributed by atoms with Gasteiger partial charge in [-0.2, -0.15) is 4.80 Å². The van der Waals surface area contributed by atoms with Crippen molar-refractivity contribution in [1.29, 1.82) is 0 Å². The molecule has 192 valence electrons. The molecule has 0 spiro atoms. The van der Waals surface area contributed by atoms with E-state index >= 15 is 0 Å². The number of oxazole rings is 1. The fraction of sp³-hybridized carbons (Fsp3) is 0.207. The molecule has 0 fully saturated rings. The van der Waals surface area contributed by atoms with Crippen LogP contribution in [0.25, 0.3) is 34.2 Å². The van der Waals surface area contributed by atoms with Gasteiger partial charge in [0, 0.05) is 16.7 Å². The molecule has 2 heterocycles. The molecule has 9 nitrogen and oxygen atoms in total. The van der Waals surface area contributed by atoms with E-state index in [0.29, 0.717) is 29.6 Å². The smallest absolute Gasteiger partial charge is 0.338 e. The fourth-order valence-electron chi connectivity index (χ4n) is 3.76. The molecule has 0 unspecified atom stereocenters. The average molecular weight is 510 g/mol. The van der Waals surface area contributed by atoms with Gasteiger partial charge in [0.1, 0.15) is 11.4 Å². The molecule has 0 saturated heterocycles. The predicted octanol–water partition coefficient (Wildman–Crippen LogP) is 5.67. The Balaban J connectivity index is 1.28. The van der Waals surface area contributed by atoms with Crippen molar-refractivity contribution in [3.8, 4) is 39.9 Å². The van der Waals surface area contributed by atoms with E-state index in [1.807, 2.05) is 81.4 Å². The van der Waals surface area contributed by atoms with E-state index < -0.39 is 5.60 Å². The topological polar surface area (TPSA) is 105 Å². The molecule has 0 aliphatic carbocycles. The highest BCUT2D eigenvalue weighted by atomic mass is 16.6. The number of rotatable bonds is 7. The van der Waals surface area contributed by atoms with E-state index in [2.05, 4.69) is 20.4 Å². The van der Waals surface area contributed by atoms with E-state index in [0.717, 1.165) is 28.0 Å². The maximum absolute atomic E-state index is 12.2. The fourth-order valence-corrected chi connectivity index (χ4v) is 3.76. The number of hydrogen-bond donors (Lipinski definition) is 0. The number of nitrogens with zero attached hydrogens (tertiary/aromatic N) is 5. The summed E-state index contributed by atoms with van der Waals surface area (Å²) in [5.74, 6) is 2.07. The summed E-state index contributed by atoms with van der Waals surface area (Å²) in [6.45, 7) is 5.93. The molecule has 3 aromatic carbocycles. The second-order valence-corrected chi connectivity index (χ2v) is 9.68. The number of ether oxygens (including phenoxy) is 2. The SMILES string of the molecule is COc1ccc(-c2cnc(-c3cccc(-c4nnn(Cc5ccc(C(=O)OC(C)(C)C)cc5)n4)c3)o2)cc1. The van der Waals surface area contributed by atoms with Crippen molar-refractivity contribution in [2.45, 2.75) is 32.9 Å². The zero-order valence-corrected chi connectivity index (χ0v) is 21.6. The van der Waals surface area contributed by atoms with Crippen molar-refractivity contribution in [3.05, 3.63) is 90.1 Å². The molecule has 0 aliphatic heterocycles. The molecule has 2 aromatic heterocycles. The summed E-state index contributed by atoms with van der Waals surface area (Å²) in [6, 6.07) is 22.4. The summed E-state index contributed by atoms with van der Waals surface area (Å²) < 4.78 is 16.6. The Morgan fingerprint density at radius 1 is 0.947 bits per heavy atom. The van der Waals surface area contributed by atoms with Gasteiger partial charge in [0.05, 0.1) is 25.4 Å². The molecule has 0 bridgehead atoms. The first-order valence-electron chi connectivity index (χ1n) is 12.1. The molecule has 0 N–H and O–H groups in total. The largest absolute Gasteiger partial charge is 0.497 e. The highest BCUT2D eigenvalue weighted by molar-refractivity contribution is 5.89. The van der Waals surface area contributed by atoms with Crippen LogP contribution in [0.5, 0.6) is 5.75 Å². The standard InChI is InChI=1S/C29H27N5O4/c1-29(2,3)38-28(35)21-10-8-19(9-11-21)18-34-32-26(31-33-34)22-6-5-7-23(16-22)27-30-17-25(37-27)20-12-14-24(36-4)15-13-20/h5-17H,18H2,1-4H3. The predicted molar refractivity (Wildman–Crippen MR) is 141 cm³/mol. The van der Waals surface area contributed by atoms with E-state index in [1.165, 1.54) is 4.80 Å². The van der Waals surface area contributed by atoms with Crippen LogP contribution < -0.4 is 4.74 Å². The summed E-state index contributed by atoms with van der Waals surface area (Å²) in [7, 11) is 1.63. The van der Waals surface area contributed by atoms with Gasteiger partial charge < -0.3 is 13.9 Å². The molecule has 0 aliphatic rings. The summed E-state index contributed by atoms with van der Waals surface area (Å²) in [4.78, 5) is 18.2. The van der Waals surface area contributed by atoms with Gasteiger partial charge in [-0.1, -0.05) is 24.3 Å². The lowest BCUT2D eigenvalue weighted by atomic mass is 10.1. The lowest BCUT2D eigenvalue weighted by Crippen LogP contribution is -2.23. The van der Waals surface area contributed by atoms with Crippen molar-refractivity contribution in [1.82, 2.24) is 25.2 Å². The maximum atomic E-state index is 12.2. The number of tetrazole rings is 1. The van der Waals surface area contributed by atoms with Gasteiger partial charge in [0.2, 0.25) is 11.7 Å². The van der Waals surface area contributed by atoms with Gasteiger partial charge in [0.25, 0.3) is 0 Å². The minimum Gasteiger partial charge on any atom is -0.497 e. The lowest BCUT2D eigenvalue weighted by Gasteiger charge is -2.19. The van der Waals surface area contributed by atoms with Crippen LogP contribution >= 0.6 is 0 Å². The highest BCUT2D eigenvalue weighted by Crippen LogP contribution is 2.29. The number of methoxy groups -OCH3 is 1. The molecule has 9 heteroatoms. The number of aromatic nitrogens is 5. The second-order valence-electron chi connectivity index (χ2n) is 9.68. The first-order chi connectivity index (χ1) is 18.3. The lowest BCUT2D eigenvalue weighted by molar-refractivity contribution is 0.00695. The van der Waals surface area contributed by atoms with Crippen LogP contribution in [0.15, 0.2) is 83.4 Å². The van der Waals surface area contributed by atoms with Crippen molar-refractivity contribution < 1.29 is 18.7 Å². The summed E-state index contributed by atoms with van der Waals surface area (Å²) in [5, 5.41) is 12.9. The van der Waals surface area contributed by atoms with Crippen molar-refractivity contribution in [2.75, 3.05) is 7.11 Å². The van der Waals surface area contributed by atoms with Crippen molar-refractivity contribution in [2.24, 2.45) is 0 Å². The Hall–Kier alpha value is -4.79. The molecule has 0 saturated carbocycles. The van der Waals surface area contributed by atoms with Crippen LogP contribution in [0.3, 0.4) is 0 Å². The zero-order valence-electron chi connectivity index (χ0n) is 21.6. The zero-order chi connectivity index (χ0) is 26.7. The van der Waals surface area contributed by atoms with E-state index in [9.17, 15) is 4.79 Å². The van der Waals surface area contributed by atoms with Gasteiger partial charge in [-0.15, -0.1) is 10.2 Å². The minimum atomic E-state index is -0.542. The third kappa shape index (κ3) is 5.78.